The quantitative estimate of drug-likeness (QED) is 0.783. The number of halogens is 1. The normalized spacial score (nSPS) is 24.4. The van der Waals surface area contributed by atoms with Gasteiger partial charge in [0.25, 0.3) is 0 Å². The first-order valence-corrected chi connectivity index (χ1v) is 6.74. The highest BCUT2D eigenvalue weighted by molar-refractivity contribution is 5.97. The summed E-state index contributed by atoms with van der Waals surface area (Å²) in [5.41, 5.74) is 0.439. The minimum absolute atomic E-state index is 0.0351. The molecule has 0 spiro atoms. The number of benzene rings is 1. The first-order valence-electron chi connectivity index (χ1n) is 6.74. The maximum Gasteiger partial charge on any atom is 0.176 e. The lowest BCUT2D eigenvalue weighted by Crippen LogP contribution is -2.50. The largest absolute Gasteiger partial charge is 0.376 e. The van der Waals surface area contributed by atoms with E-state index in [0.29, 0.717) is 18.7 Å². The van der Waals surface area contributed by atoms with Crippen molar-refractivity contribution in [1.82, 2.24) is 4.90 Å². The topological polar surface area (TPSA) is 29.5 Å². The minimum Gasteiger partial charge on any atom is -0.376 e. The number of ether oxygens (including phenoxy) is 1. The molecule has 0 saturated carbocycles. The minimum atomic E-state index is -0.367. The summed E-state index contributed by atoms with van der Waals surface area (Å²) in [5, 5.41) is 0. The van der Waals surface area contributed by atoms with Crippen LogP contribution in [0.2, 0.25) is 0 Å². The van der Waals surface area contributed by atoms with Crippen LogP contribution in [0.5, 0.6) is 0 Å². The molecule has 4 heteroatoms. The van der Waals surface area contributed by atoms with Crippen LogP contribution in [-0.4, -0.2) is 42.5 Å². The smallest absolute Gasteiger partial charge is 0.176 e. The number of nitrogens with zero attached hydrogens (tertiary/aromatic N) is 1. The first kappa shape index (κ1) is 14.2. The summed E-state index contributed by atoms with van der Waals surface area (Å²) in [4.78, 5) is 14.3. The van der Waals surface area contributed by atoms with Gasteiger partial charge in [0.15, 0.2) is 5.78 Å². The Labute approximate surface area is 113 Å². The van der Waals surface area contributed by atoms with Gasteiger partial charge < -0.3 is 4.74 Å². The van der Waals surface area contributed by atoms with Crippen molar-refractivity contribution in [1.29, 1.82) is 0 Å². The number of rotatable bonds is 4. The van der Waals surface area contributed by atoms with Crippen molar-refractivity contribution in [2.45, 2.75) is 32.4 Å². The number of hydrogen-bond acceptors (Lipinski definition) is 3. The van der Waals surface area contributed by atoms with Crippen LogP contribution in [0.25, 0.3) is 0 Å². The van der Waals surface area contributed by atoms with Crippen LogP contribution < -0.4 is 0 Å². The third-order valence-electron chi connectivity index (χ3n) is 3.55. The van der Waals surface area contributed by atoms with Crippen LogP contribution in [0, 0.1) is 5.82 Å². The molecule has 0 aromatic heterocycles. The van der Waals surface area contributed by atoms with Crippen molar-refractivity contribution in [3.8, 4) is 0 Å². The molecule has 0 aliphatic carbocycles. The molecule has 1 saturated heterocycles. The monoisotopic (exact) mass is 265 g/mol. The van der Waals surface area contributed by atoms with Gasteiger partial charge in [-0.2, -0.15) is 0 Å². The van der Waals surface area contributed by atoms with Crippen molar-refractivity contribution in [3.63, 3.8) is 0 Å². The maximum atomic E-state index is 13.1. The van der Waals surface area contributed by atoms with Crippen molar-refractivity contribution in [3.05, 3.63) is 35.6 Å². The van der Waals surface area contributed by atoms with Crippen LogP contribution >= 0.6 is 0 Å². The Morgan fingerprint density at radius 2 is 2.32 bits per heavy atom. The van der Waals surface area contributed by atoms with E-state index in [2.05, 4.69) is 11.8 Å². The second-order valence-electron chi connectivity index (χ2n) is 5.07. The lowest BCUT2D eigenvalue weighted by Gasteiger charge is -2.37. The molecule has 2 unspecified atom stereocenters. The van der Waals surface area contributed by atoms with Gasteiger partial charge in [-0.25, -0.2) is 4.39 Å². The Bertz CT molecular complexity index is 450. The van der Waals surface area contributed by atoms with Crippen molar-refractivity contribution in [2.24, 2.45) is 0 Å². The average molecular weight is 265 g/mol. The molecule has 0 N–H and O–H groups in total. The van der Waals surface area contributed by atoms with E-state index in [1.54, 1.807) is 12.1 Å². The number of Topliss-reactive ketones (excluding diaryl/α,β-unsaturated/α-hetero) is 1. The van der Waals surface area contributed by atoms with E-state index in [1.165, 1.54) is 12.1 Å². The molecule has 1 aliphatic heterocycles. The summed E-state index contributed by atoms with van der Waals surface area (Å²) in [6.45, 7) is 5.83. The van der Waals surface area contributed by atoms with E-state index in [-0.39, 0.29) is 23.7 Å². The molecule has 1 fully saturated rings. The average Bonchev–Trinajstić information content (AvgIpc) is 2.39. The van der Waals surface area contributed by atoms with Crippen LogP contribution in [0.3, 0.4) is 0 Å². The fourth-order valence-electron chi connectivity index (χ4n) is 2.42. The second-order valence-corrected chi connectivity index (χ2v) is 5.07. The van der Waals surface area contributed by atoms with Gasteiger partial charge >= 0.3 is 0 Å². The molecule has 2 atom stereocenters. The van der Waals surface area contributed by atoms with Gasteiger partial charge in [0.2, 0.25) is 0 Å². The van der Waals surface area contributed by atoms with E-state index < -0.39 is 0 Å². The highest BCUT2D eigenvalue weighted by Gasteiger charge is 2.27. The third kappa shape index (κ3) is 3.61. The molecular formula is C15H20FNO2. The predicted octanol–water partition coefficient (Wildman–Crippen LogP) is 2.51. The molecule has 1 aromatic rings. The standard InChI is InChI=1S/C15H20FNO2/c1-3-14-10-19-11(2)8-17(14)9-15(18)12-5-4-6-13(16)7-12/h4-7,11,14H,3,8-10H2,1-2H3. The molecule has 1 aromatic carbocycles. The Hall–Kier alpha value is -1.26. The highest BCUT2D eigenvalue weighted by atomic mass is 19.1. The van der Waals surface area contributed by atoms with Gasteiger partial charge in [0.05, 0.1) is 19.3 Å². The fourth-order valence-corrected chi connectivity index (χ4v) is 2.42. The van der Waals surface area contributed by atoms with Gasteiger partial charge in [-0.1, -0.05) is 19.1 Å². The summed E-state index contributed by atoms with van der Waals surface area (Å²) in [5.74, 6) is -0.403. The Kier molecular flexibility index (Phi) is 4.66. The zero-order valence-corrected chi connectivity index (χ0v) is 11.4. The van der Waals surface area contributed by atoms with E-state index >= 15 is 0 Å². The number of carbonyl (C=O) groups excluding carboxylic acids is 1. The molecule has 0 amide bonds. The fraction of sp³-hybridized carbons (Fsp3) is 0.533. The number of morpholine rings is 1. The van der Waals surface area contributed by atoms with E-state index in [1.807, 2.05) is 6.92 Å². The number of hydrogen-bond donors (Lipinski definition) is 0. The van der Waals surface area contributed by atoms with E-state index in [0.717, 1.165) is 13.0 Å². The Balaban J connectivity index is 2.04. The third-order valence-corrected chi connectivity index (χ3v) is 3.55. The molecule has 3 nitrogen and oxygen atoms in total. The SMILES string of the molecule is CCC1COC(C)CN1CC(=O)c1cccc(F)c1. The molecule has 1 aliphatic rings. The van der Waals surface area contributed by atoms with Crippen LogP contribution in [-0.2, 0) is 4.74 Å². The number of ketones is 1. The summed E-state index contributed by atoms with van der Waals surface area (Å²) >= 11 is 0. The first-order chi connectivity index (χ1) is 9.10. The zero-order chi connectivity index (χ0) is 13.8. The predicted molar refractivity (Wildman–Crippen MR) is 71.8 cm³/mol. The lowest BCUT2D eigenvalue weighted by molar-refractivity contribution is -0.0523. The van der Waals surface area contributed by atoms with Crippen LogP contribution in [0.4, 0.5) is 4.39 Å². The lowest BCUT2D eigenvalue weighted by atomic mass is 10.1. The Morgan fingerprint density at radius 1 is 1.53 bits per heavy atom. The summed E-state index contributed by atoms with van der Waals surface area (Å²) in [6.07, 6.45) is 1.09. The molecule has 19 heavy (non-hydrogen) atoms. The van der Waals surface area contributed by atoms with Gasteiger partial charge in [0.1, 0.15) is 5.82 Å². The van der Waals surface area contributed by atoms with Gasteiger partial charge in [-0.15, -0.1) is 0 Å². The number of carbonyl (C=O) groups is 1. The zero-order valence-electron chi connectivity index (χ0n) is 11.4. The second kappa shape index (κ2) is 6.26. The maximum absolute atomic E-state index is 13.1. The van der Waals surface area contributed by atoms with Crippen LogP contribution in [0.1, 0.15) is 30.6 Å². The highest BCUT2D eigenvalue weighted by Crippen LogP contribution is 2.15. The van der Waals surface area contributed by atoms with Crippen LogP contribution in [0.15, 0.2) is 24.3 Å². The summed E-state index contributed by atoms with van der Waals surface area (Å²) < 4.78 is 18.7. The van der Waals surface area contributed by atoms with Crippen molar-refractivity contribution < 1.29 is 13.9 Å². The molecule has 1 heterocycles. The van der Waals surface area contributed by atoms with E-state index in [4.69, 9.17) is 4.74 Å². The molecule has 0 radical (unpaired) electrons. The Morgan fingerprint density at radius 3 is 3.00 bits per heavy atom. The molecule has 2 rings (SSSR count). The van der Waals surface area contributed by atoms with E-state index in [9.17, 15) is 9.18 Å². The van der Waals surface area contributed by atoms with Gasteiger partial charge in [-0.3, -0.25) is 9.69 Å². The molecular weight excluding hydrogens is 245 g/mol. The summed E-state index contributed by atoms with van der Waals surface area (Å²) in [7, 11) is 0. The van der Waals surface area contributed by atoms with Crippen molar-refractivity contribution in [2.75, 3.05) is 19.7 Å². The van der Waals surface area contributed by atoms with Crippen molar-refractivity contribution >= 4 is 5.78 Å². The van der Waals surface area contributed by atoms with Gasteiger partial charge in [-0.05, 0) is 25.5 Å². The summed E-state index contributed by atoms with van der Waals surface area (Å²) in [6, 6.07) is 6.15. The molecule has 104 valence electrons. The molecule has 0 bridgehead atoms. The van der Waals surface area contributed by atoms with Gasteiger partial charge in [0, 0.05) is 18.2 Å².